The third-order valence-electron chi connectivity index (χ3n) is 3.03. The van der Waals surface area contributed by atoms with Crippen molar-refractivity contribution in [3.8, 4) is 0 Å². The molecule has 0 radical (unpaired) electrons. The van der Waals surface area contributed by atoms with Crippen LogP contribution in [0.1, 0.15) is 31.9 Å². The van der Waals surface area contributed by atoms with Crippen LogP contribution in [0, 0.1) is 0 Å². The molecule has 0 unspecified atom stereocenters. The monoisotopic (exact) mass is 229 g/mol. The van der Waals surface area contributed by atoms with Crippen molar-refractivity contribution in [1.82, 2.24) is 4.98 Å². The van der Waals surface area contributed by atoms with E-state index in [0.717, 1.165) is 10.9 Å². The molecule has 0 saturated carbocycles. The lowest BCUT2D eigenvalue weighted by Gasteiger charge is -2.20. The minimum Gasteiger partial charge on any atom is -0.396 e. The summed E-state index contributed by atoms with van der Waals surface area (Å²) in [6.45, 7) is 6.79. The number of hydrogen-bond donors (Lipinski definition) is 1. The van der Waals surface area contributed by atoms with Crippen LogP contribution >= 0.6 is 0 Å². The van der Waals surface area contributed by atoms with Crippen molar-refractivity contribution in [1.29, 1.82) is 0 Å². The molecule has 90 valence electrons. The van der Waals surface area contributed by atoms with E-state index in [0.29, 0.717) is 6.42 Å². The molecular weight excluding hydrogens is 210 g/mol. The Hall–Kier alpha value is -1.41. The van der Waals surface area contributed by atoms with Crippen LogP contribution in [-0.2, 0) is 11.8 Å². The van der Waals surface area contributed by atoms with E-state index in [1.54, 1.807) is 0 Å². The normalized spacial score (nSPS) is 12.0. The molecule has 0 atom stereocenters. The second-order valence-electron chi connectivity index (χ2n) is 5.47. The van der Waals surface area contributed by atoms with Gasteiger partial charge in [0.2, 0.25) is 0 Å². The summed E-state index contributed by atoms with van der Waals surface area (Å²) in [5.41, 5.74) is 2.53. The third-order valence-corrected chi connectivity index (χ3v) is 3.03. The van der Waals surface area contributed by atoms with Crippen LogP contribution in [0.4, 0.5) is 0 Å². The third kappa shape index (κ3) is 2.47. The highest BCUT2D eigenvalue weighted by Gasteiger charge is 2.16. The van der Waals surface area contributed by atoms with Crippen molar-refractivity contribution >= 4 is 10.8 Å². The van der Waals surface area contributed by atoms with Gasteiger partial charge in [-0.05, 0) is 34.4 Å². The number of aliphatic hydroxyl groups excluding tert-OH is 1. The van der Waals surface area contributed by atoms with Gasteiger partial charge < -0.3 is 5.11 Å². The Morgan fingerprint density at radius 3 is 2.59 bits per heavy atom. The fourth-order valence-electron chi connectivity index (χ4n) is 2.11. The average molecular weight is 229 g/mol. The van der Waals surface area contributed by atoms with Crippen LogP contribution < -0.4 is 0 Å². The summed E-state index contributed by atoms with van der Waals surface area (Å²) in [6.07, 6.45) is 4.55. The maximum atomic E-state index is 8.96. The smallest absolute Gasteiger partial charge is 0.0471 e. The Labute approximate surface area is 102 Å². The van der Waals surface area contributed by atoms with Crippen LogP contribution in [0.5, 0.6) is 0 Å². The Morgan fingerprint density at radius 1 is 1.18 bits per heavy atom. The Bertz CT molecular complexity index is 526. The van der Waals surface area contributed by atoms with Gasteiger partial charge in [0.1, 0.15) is 0 Å². The molecular formula is C15H19NO. The van der Waals surface area contributed by atoms with Gasteiger partial charge in [-0.1, -0.05) is 32.9 Å². The van der Waals surface area contributed by atoms with Gasteiger partial charge in [0.15, 0.2) is 0 Å². The van der Waals surface area contributed by atoms with E-state index < -0.39 is 0 Å². The molecule has 1 aromatic carbocycles. The Balaban J connectivity index is 2.59. The zero-order valence-corrected chi connectivity index (χ0v) is 10.7. The minimum absolute atomic E-state index is 0.102. The fraction of sp³-hybridized carbons (Fsp3) is 0.400. The molecule has 2 heteroatoms. The van der Waals surface area contributed by atoms with Crippen LogP contribution in [0.3, 0.4) is 0 Å². The van der Waals surface area contributed by atoms with Crippen molar-refractivity contribution in [3.05, 3.63) is 41.7 Å². The lowest BCUT2D eigenvalue weighted by molar-refractivity contribution is 0.299. The molecule has 1 heterocycles. The summed E-state index contributed by atoms with van der Waals surface area (Å²) < 4.78 is 0. The standard InChI is InChI=1S/C15H19NO/c1-15(2,3)14-10-16-9-12-8-11(6-7-17)4-5-13(12)14/h4-5,8-10,17H,6-7H2,1-3H3. The van der Waals surface area contributed by atoms with E-state index in [1.165, 1.54) is 10.9 Å². The van der Waals surface area contributed by atoms with E-state index in [2.05, 4.69) is 44.0 Å². The van der Waals surface area contributed by atoms with Gasteiger partial charge in [-0.25, -0.2) is 0 Å². The van der Waals surface area contributed by atoms with E-state index in [9.17, 15) is 0 Å². The van der Waals surface area contributed by atoms with Gasteiger partial charge >= 0.3 is 0 Å². The van der Waals surface area contributed by atoms with Gasteiger partial charge in [-0.15, -0.1) is 0 Å². The number of nitrogens with zero attached hydrogens (tertiary/aromatic N) is 1. The number of rotatable bonds is 2. The second kappa shape index (κ2) is 4.46. The Kier molecular flexibility index (Phi) is 3.16. The van der Waals surface area contributed by atoms with Gasteiger partial charge in [-0.2, -0.15) is 0 Å². The van der Waals surface area contributed by atoms with Crippen LogP contribution in [-0.4, -0.2) is 16.7 Å². The molecule has 2 aromatic rings. The molecule has 17 heavy (non-hydrogen) atoms. The highest BCUT2D eigenvalue weighted by atomic mass is 16.2. The summed E-state index contributed by atoms with van der Waals surface area (Å²) in [6, 6.07) is 6.35. The van der Waals surface area contributed by atoms with Gasteiger partial charge in [-0.3, -0.25) is 4.98 Å². The first-order chi connectivity index (χ1) is 8.02. The van der Waals surface area contributed by atoms with Crippen molar-refractivity contribution in [3.63, 3.8) is 0 Å². The number of benzene rings is 1. The van der Waals surface area contributed by atoms with E-state index in [1.807, 2.05) is 12.4 Å². The molecule has 0 bridgehead atoms. The lowest BCUT2D eigenvalue weighted by atomic mass is 9.85. The summed E-state index contributed by atoms with van der Waals surface area (Å²) in [5, 5.41) is 11.4. The lowest BCUT2D eigenvalue weighted by Crippen LogP contribution is -2.12. The van der Waals surface area contributed by atoms with Gasteiger partial charge in [0.05, 0.1) is 0 Å². The summed E-state index contributed by atoms with van der Waals surface area (Å²) in [5.74, 6) is 0. The van der Waals surface area contributed by atoms with Crippen LogP contribution in [0.2, 0.25) is 0 Å². The first-order valence-electron chi connectivity index (χ1n) is 6.00. The second-order valence-corrected chi connectivity index (χ2v) is 5.47. The van der Waals surface area contributed by atoms with Crippen molar-refractivity contribution in [2.45, 2.75) is 32.6 Å². The number of fused-ring (bicyclic) bond motifs is 1. The predicted octanol–water partition coefficient (Wildman–Crippen LogP) is 3.07. The topological polar surface area (TPSA) is 33.1 Å². The van der Waals surface area contributed by atoms with Crippen molar-refractivity contribution in [2.24, 2.45) is 0 Å². The SMILES string of the molecule is CC(C)(C)c1cncc2cc(CCO)ccc12. The number of pyridine rings is 1. The maximum absolute atomic E-state index is 8.96. The Morgan fingerprint density at radius 2 is 1.94 bits per heavy atom. The molecule has 0 aliphatic rings. The summed E-state index contributed by atoms with van der Waals surface area (Å²) in [4.78, 5) is 4.32. The van der Waals surface area contributed by atoms with Crippen LogP contribution in [0.15, 0.2) is 30.6 Å². The highest BCUT2D eigenvalue weighted by Crippen LogP contribution is 2.29. The molecule has 0 saturated heterocycles. The zero-order valence-electron chi connectivity index (χ0n) is 10.7. The quantitative estimate of drug-likeness (QED) is 0.858. The average Bonchev–Trinajstić information content (AvgIpc) is 2.27. The first-order valence-corrected chi connectivity index (χ1v) is 6.00. The highest BCUT2D eigenvalue weighted by molar-refractivity contribution is 5.86. The summed E-state index contributed by atoms with van der Waals surface area (Å²) in [7, 11) is 0. The van der Waals surface area contributed by atoms with E-state index in [-0.39, 0.29) is 12.0 Å². The first kappa shape index (κ1) is 12.1. The molecule has 0 amide bonds. The molecule has 2 nitrogen and oxygen atoms in total. The van der Waals surface area contributed by atoms with Gasteiger partial charge in [0.25, 0.3) is 0 Å². The fourth-order valence-corrected chi connectivity index (χ4v) is 2.11. The molecule has 1 aromatic heterocycles. The van der Waals surface area contributed by atoms with Gasteiger partial charge in [0, 0.05) is 24.4 Å². The van der Waals surface area contributed by atoms with E-state index in [4.69, 9.17) is 5.11 Å². The maximum Gasteiger partial charge on any atom is 0.0471 e. The predicted molar refractivity (Wildman–Crippen MR) is 71.2 cm³/mol. The van der Waals surface area contributed by atoms with E-state index >= 15 is 0 Å². The number of hydrogen-bond acceptors (Lipinski definition) is 2. The molecule has 0 fully saturated rings. The molecule has 1 N–H and O–H groups in total. The number of aromatic nitrogens is 1. The summed E-state index contributed by atoms with van der Waals surface area (Å²) >= 11 is 0. The molecule has 2 rings (SSSR count). The molecule has 0 spiro atoms. The molecule has 0 aliphatic heterocycles. The largest absolute Gasteiger partial charge is 0.396 e. The zero-order chi connectivity index (χ0) is 12.5. The van der Waals surface area contributed by atoms with Crippen LogP contribution in [0.25, 0.3) is 10.8 Å². The molecule has 0 aliphatic carbocycles. The number of aliphatic hydroxyl groups is 1. The van der Waals surface area contributed by atoms with Crippen molar-refractivity contribution < 1.29 is 5.11 Å². The van der Waals surface area contributed by atoms with Crippen molar-refractivity contribution in [2.75, 3.05) is 6.61 Å². The minimum atomic E-state index is 0.102.